The van der Waals surface area contributed by atoms with Gasteiger partial charge >= 0.3 is 7.12 Å². The Morgan fingerprint density at radius 3 is 2.61 bits per heavy atom. The summed E-state index contributed by atoms with van der Waals surface area (Å²) in [6.45, 7) is 0. The SMILES string of the molecule is OB(O)c1cnc2c(-c3ccccc3)c[nH]c2c1. The van der Waals surface area contributed by atoms with Crippen molar-refractivity contribution in [1.82, 2.24) is 9.97 Å². The fourth-order valence-electron chi connectivity index (χ4n) is 2.00. The number of hydrogen-bond donors (Lipinski definition) is 3. The standard InChI is InChI=1S/C13H11BN2O2/c17-14(18)10-6-12-13(16-7-10)11(8-15-12)9-4-2-1-3-5-9/h1-8,15,17-18H. The molecule has 2 heterocycles. The Morgan fingerprint density at radius 2 is 1.89 bits per heavy atom. The van der Waals surface area contributed by atoms with Crippen LogP contribution in [0.25, 0.3) is 22.2 Å². The molecule has 5 heteroatoms. The zero-order valence-electron chi connectivity index (χ0n) is 9.54. The van der Waals surface area contributed by atoms with E-state index >= 15 is 0 Å². The quantitative estimate of drug-likeness (QED) is 0.581. The van der Waals surface area contributed by atoms with Crippen LogP contribution in [-0.4, -0.2) is 27.1 Å². The van der Waals surface area contributed by atoms with Crippen molar-refractivity contribution in [2.24, 2.45) is 0 Å². The number of rotatable bonds is 2. The zero-order valence-corrected chi connectivity index (χ0v) is 9.54. The first-order valence-electron chi connectivity index (χ1n) is 5.64. The Morgan fingerprint density at radius 1 is 1.11 bits per heavy atom. The Kier molecular flexibility index (Phi) is 2.62. The summed E-state index contributed by atoms with van der Waals surface area (Å²) in [7, 11) is -1.50. The van der Waals surface area contributed by atoms with Gasteiger partial charge in [-0.3, -0.25) is 4.98 Å². The molecule has 0 unspecified atom stereocenters. The van der Waals surface area contributed by atoms with Crippen LogP contribution in [0, 0.1) is 0 Å². The lowest BCUT2D eigenvalue weighted by atomic mass is 9.81. The van der Waals surface area contributed by atoms with Crippen molar-refractivity contribution in [3.05, 3.63) is 48.8 Å². The van der Waals surface area contributed by atoms with Crippen LogP contribution in [0.3, 0.4) is 0 Å². The number of H-pyrrole nitrogens is 1. The van der Waals surface area contributed by atoms with Gasteiger partial charge in [-0.15, -0.1) is 0 Å². The Bertz CT molecular complexity index is 680. The third-order valence-electron chi connectivity index (χ3n) is 2.92. The number of benzene rings is 1. The van der Waals surface area contributed by atoms with Gasteiger partial charge in [0.15, 0.2) is 0 Å². The molecule has 4 nitrogen and oxygen atoms in total. The van der Waals surface area contributed by atoms with E-state index in [1.54, 1.807) is 6.07 Å². The fraction of sp³-hybridized carbons (Fsp3) is 0. The predicted octanol–water partition coefficient (Wildman–Crippen LogP) is 0.910. The topological polar surface area (TPSA) is 69.1 Å². The normalized spacial score (nSPS) is 10.8. The van der Waals surface area contributed by atoms with Crippen molar-refractivity contribution in [3.8, 4) is 11.1 Å². The molecule has 0 saturated carbocycles. The minimum Gasteiger partial charge on any atom is -0.423 e. The Hall–Kier alpha value is -2.11. The number of pyridine rings is 1. The molecule has 3 N–H and O–H groups in total. The van der Waals surface area contributed by atoms with Gasteiger partial charge in [0.1, 0.15) is 0 Å². The molecule has 0 fully saturated rings. The van der Waals surface area contributed by atoms with Crippen LogP contribution in [0.5, 0.6) is 0 Å². The van der Waals surface area contributed by atoms with Gasteiger partial charge < -0.3 is 15.0 Å². The maximum atomic E-state index is 9.11. The summed E-state index contributed by atoms with van der Waals surface area (Å²) in [6.07, 6.45) is 3.35. The highest BCUT2D eigenvalue weighted by Gasteiger charge is 2.14. The first-order valence-corrected chi connectivity index (χ1v) is 5.64. The van der Waals surface area contributed by atoms with Crippen molar-refractivity contribution in [3.63, 3.8) is 0 Å². The molecule has 88 valence electrons. The van der Waals surface area contributed by atoms with E-state index in [4.69, 9.17) is 10.0 Å². The Balaban J connectivity index is 2.16. The van der Waals surface area contributed by atoms with E-state index in [1.807, 2.05) is 36.5 Å². The van der Waals surface area contributed by atoms with Crippen molar-refractivity contribution in [1.29, 1.82) is 0 Å². The minimum atomic E-state index is -1.50. The molecule has 3 aromatic rings. The second kappa shape index (κ2) is 4.29. The number of fused-ring (bicyclic) bond motifs is 1. The summed E-state index contributed by atoms with van der Waals surface area (Å²) in [5, 5.41) is 18.2. The third-order valence-corrected chi connectivity index (χ3v) is 2.92. The van der Waals surface area contributed by atoms with E-state index in [2.05, 4.69) is 9.97 Å². The molecule has 0 amide bonds. The van der Waals surface area contributed by atoms with Crippen molar-refractivity contribution in [2.75, 3.05) is 0 Å². The van der Waals surface area contributed by atoms with E-state index in [1.165, 1.54) is 6.20 Å². The average molecular weight is 238 g/mol. The van der Waals surface area contributed by atoms with Crippen molar-refractivity contribution >= 4 is 23.6 Å². The lowest BCUT2D eigenvalue weighted by molar-refractivity contribution is 0.425. The van der Waals surface area contributed by atoms with Crippen molar-refractivity contribution in [2.45, 2.75) is 0 Å². The lowest BCUT2D eigenvalue weighted by Gasteiger charge is -2.00. The highest BCUT2D eigenvalue weighted by atomic mass is 16.4. The summed E-state index contributed by atoms with van der Waals surface area (Å²) in [5.41, 5.74) is 4.08. The molecule has 0 spiro atoms. The molecule has 2 aromatic heterocycles. The number of nitrogens with one attached hydrogen (secondary N) is 1. The van der Waals surface area contributed by atoms with Crippen LogP contribution in [-0.2, 0) is 0 Å². The summed E-state index contributed by atoms with van der Waals surface area (Å²) in [5.74, 6) is 0. The van der Waals surface area contributed by atoms with Crippen LogP contribution in [0.15, 0.2) is 48.8 Å². The van der Waals surface area contributed by atoms with E-state index < -0.39 is 7.12 Å². The fourth-order valence-corrected chi connectivity index (χ4v) is 2.00. The predicted molar refractivity (Wildman–Crippen MR) is 71.4 cm³/mol. The molecule has 3 rings (SSSR count). The summed E-state index contributed by atoms with van der Waals surface area (Å²) in [6, 6.07) is 11.6. The largest absolute Gasteiger partial charge is 0.490 e. The molecule has 0 radical (unpaired) electrons. The van der Waals surface area contributed by atoms with E-state index in [9.17, 15) is 0 Å². The van der Waals surface area contributed by atoms with Gasteiger partial charge in [-0.05, 0) is 11.6 Å². The Labute approximate surface area is 104 Å². The minimum absolute atomic E-state index is 0.379. The van der Waals surface area contributed by atoms with Crippen molar-refractivity contribution < 1.29 is 10.0 Å². The van der Waals surface area contributed by atoms with Gasteiger partial charge in [-0.2, -0.15) is 0 Å². The highest BCUT2D eigenvalue weighted by Crippen LogP contribution is 2.25. The van der Waals surface area contributed by atoms with Gasteiger partial charge in [0.2, 0.25) is 0 Å². The van der Waals surface area contributed by atoms with Gasteiger partial charge in [0.05, 0.1) is 11.0 Å². The zero-order chi connectivity index (χ0) is 12.5. The molecule has 0 aliphatic carbocycles. The molecule has 0 saturated heterocycles. The van der Waals surface area contributed by atoms with E-state index in [0.29, 0.717) is 5.46 Å². The maximum Gasteiger partial charge on any atom is 0.490 e. The van der Waals surface area contributed by atoms with Gasteiger partial charge in [0, 0.05) is 23.4 Å². The first kappa shape index (κ1) is 11.0. The molecule has 18 heavy (non-hydrogen) atoms. The maximum absolute atomic E-state index is 9.11. The number of nitrogens with zero attached hydrogens (tertiary/aromatic N) is 1. The second-order valence-electron chi connectivity index (χ2n) is 4.11. The average Bonchev–Trinajstić information content (AvgIpc) is 2.82. The summed E-state index contributed by atoms with van der Waals surface area (Å²) >= 11 is 0. The monoisotopic (exact) mass is 238 g/mol. The molecular formula is C13H11BN2O2. The van der Waals surface area contributed by atoms with E-state index in [0.717, 1.165) is 22.2 Å². The van der Waals surface area contributed by atoms with Gasteiger partial charge in [-0.25, -0.2) is 0 Å². The highest BCUT2D eigenvalue weighted by molar-refractivity contribution is 6.58. The van der Waals surface area contributed by atoms with Crippen LogP contribution in [0.1, 0.15) is 0 Å². The van der Waals surface area contributed by atoms with Gasteiger partial charge in [0.25, 0.3) is 0 Å². The van der Waals surface area contributed by atoms with Crippen LogP contribution >= 0.6 is 0 Å². The van der Waals surface area contributed by atoms with Gasteiger partial charge in [-0.1, -0.05) is 30.3 Å². The number of hydrogen-bond acceptors (Lipinski definition) is 3. The number of aromatic nitrogens is 2. The van der Waals surface area contributed by atoms with Crippen LogP contribution in [0.2, 0.25) is 0 Å². The second-order valence-corrected chi connectivity index (χ2v) is 4.11. The lowest BCUT2D eigenvalue weighted by Crippen LogP contribution is -2.29. The smallest absolute Gasteiger partial charge is 0.423 e. The third kappa shape index (κ3) is 1.79. The molecule has 0 bridgehead atoms. The summed E-state index contributed by atoms with van der Waals surface area (Å²) in [4.78, 5) is 7.38. The van der Waals surface area contributed by atoms with Crippen LogP contribution in [0.4, 0.5) is 0 Å². The molecule has 0 aliphatic heterocycles. The first-order chi connectivity index (χ1) is 8.75. The molecule has 0 aliphatic rings. The molecule has 1 aromatic carbocycles. The molecule has 0 atom stereocenters. The van der Waals surface area contributed by atoms with Crippen LogP contribution < -0.4 is 5.46 Å². The molecular weight excluding hydrogens is 227 g/mol. The number of aromatic amines is 1. The summed E-state index contributed by atoms with van der Waals surface area (Å²) < 4.78 is 0. The van der Waals surface area contributed by atoms with E-state index in [-0.39, 0.29) is 0 Å².